The first-order chi connectivity index (χ1) is 16.7. The summed E-state index contributed by atoms with van der Waals surface area (Å²) in [7, 11) is 0. The smallest absolute Gasteiger partial charge is 0.243 e. The highest BCUT2D eigenvalue weighted by molar-refractivity contribution is 5.29. The van der Waals surface area contributed by atoms with Crippen LogP contribution in [0.1, 0.15) is 162 Å². The summed E-state index contributed by atoms with van der Waals surface area (Å²) in [5.41, 5.74) is 0. The van der Waals surface area contributed by atoms with Gasteiger partial charge in [0.1, 0.15) is 18.4 Å². The highest BCUT2D eigenvalue weighted by Gasteiger charge is 2.14. The summed E-state index contributed by atoms with van der Waals surface area (Å²) >= 11 is 0. The average molecular weight is 479 g/mol. The number of carbonyl (C=O) groups is 1. The maximum absolute atomic E-state index is 8.25. The van der Waals surface area contributed by atoms with E-state index in [0.717, 1.165) is 0 Å². The van der Waals surface area contributed by atoms with Crippen LogP contribution in [0.4, 0.5) is 0 Å². The van der Waals surface area contributed by atoms with Crippen molar-refractivity contribution in [2.45, 2.75) is 168 Å². The van der Waals surface area contributed by atoms with Crippen molar-refractivity contribution < 1.29 is 14.5 Å². The minimum atomic E-state index is -0.500. The Kier molecular flexibility index (Phi) is 25.3. The lowest BCUT2D eigenvalue weighted by molar-refractivity contribution is -0.723. The van der Waals surface area contributed by atoms with Gasteiger partial charge in [-0.25, -0.2) is 9.13 Å². The van der Waals surface area contributed by atoms with E-state index in [4.69, 9.17) is 9.90 Å². The molecule has 1 unspecified atom stereocenters. The number of aromatic nitrogens is 2. The molecule has 1 aromatic heterocycles. The lowest BCUT2D eigenvalue weighted by Gasteiger charge is -2.11. The Labute approximate surface area is 212 Å². The van der Waals surface area contributed by atoms with Gasteiger partial charge in [0, 0.05) is 6.47 Å². The zero-order valence-electron chi connectivity index (χ0n) is 23.2. The topological polar surface area (TPSA) is 48.9 Å². The largest absolute Gasteiger partial charge is 0.554 e. The van der Waals surface area contributed by atoms with Gasteiger partial charge < -0.3 is 9.90 Å². The van der Waals surface area contributed by atoms with E-state index in [0.29, 0.717) is 6.04 Å². The first-order valence-electron chi connectivity index (χ1n) is 14.8. The molecule has 0 saturated heterocycles. The molecule has 0 saturated carbocycles. The summed E-state index contributed by atoms with van der Waals surface area (Å²) in [6.45, 7) is 7.63. The van der Waals surface area contributed by atoms with E-state index in [1.807, 2.05) is 0 Å². The van der Waals surface area contributed by atoms with Gasteiger partial charge in [0.25, 0.3) is 0 Å². The molecule has 1 rings (SSSR count). The Morgan fingerprint density at radius 1 is 0.706 bits per heavy atom. The molecule has 1 heterocycles. The van der Waals surface area contributed by atoms with Gasteiger partial charge in [-0.05, 0) is 32.1 Å². The van der Waals surface area contributed by atoms with E-state index in [1.54, 1.807) is 0 Å². The minimum absolute atomic E-state index is 0.500. The molecule has 34 heavy (non-hydrogen) atoms. The molecule has 0 radical (unpaired) electrons. The van der Waals surface area contributed by atoms with Crippen LogP contribution >= 0.6 is 0 Å². The zero-order valence-corrected chi connectivity index (χ0v) is 23.2. The van der Waals surface area contributed by atoms with E-state index in [2.05, 4.69) is 48.6 Å². The maximum Gasteiger partial charge on any atom is 0.243 e. The summed E-state index contributed by atoms with van der Waals surface area (Å²) < 4.78 is 4.89. The van der Waals surface area contributed by atoms with E-state index in [9.17, 15) is 0 Å². The van der Waals surface area contributed by atoms with Crippen molar-refractivity contribution in [2.75, 3.05) is 0 Å². The van der Waals surface area contributed by atoms with Crippen LogP contribution in [0.15, 0.2) is 18.7 Å². The van der Waals surface area contributed by atoms with Crippen LogP contribution in [0.2, 0.25) is 0 Å². The molecular formula is C30H58N2O2. The quantitative estimate of drug-likeness (QED) is 0.0910. The second kappa shape index (κ2) is 26.3. The van der Waals surface area contributed by atoms with Crippen molar-refractivity contribution in [1.29, 1.82) is 0 Å². The molecule has 0 N–H and O–H groups in total. The van der Waals surface area contributed by atoms with Gasteiger partial charge in [-0.1, -0.05) is 124 Å². The molecule has 200 valence electrons. The van der Waals surface area contributed by atoms with E-state index >= 15 is 0 Å². The third-order valence-electron chi connectivity index (χ3n) is 7.02. The van der Waals surface area contributed by atoms with Gasteiger partial charge in [0.2, 0.25) is 6.33 Å². The normalized spacial score (nSPS) is 11.7. The highest BCUT2D eigenvalue weighted by atomic mass is 16.3. The molecular weight excluding hydrogens is 420 g/mol. The third-order valence-corrected chi connectivity index (χ3v) is 7.02. The van der Waals surface area contributed by atoms with Crippen LogP contribution < -0.4 is 9.67 Å². The van der Waals surface area contributed by atoms with Crippen LogP contribution in [0.3, 0.4) is 0 Å². The fourth-order valence-electron chi connectivity index (χ4n) is 4.80. The van der Waals surface area contributed by atoms with Crippen molar-refractivity contribution >= 4 is 6.47 Å². The Balaban J connectivity index is 0.00000343. The number of aryl methyl sites for hydroxylation is 1. The molecule has 0 spiro atoms. The monoisotopic (exact) mass is 478 g/mol. The van der Waals surface area contributed by atoms with Crippen LogP contribution in [-0.2, 0) is 11.3 Å². The molecule has 4 nitrogen and oxygen atoms in total. The van der Waals surface area contributed by atoms with Crippen LogP contribution in [0, 0.1) is 0 Å². The predicted octanol–water partition coefficient (Wildman–Crippen LogP) is 7.93. The molecule has 0 aromatic carbocycles. The number of imidazole rings is 1. The van der Waals surface area contributed by atoms with Crippen molar-refractivity contribution in [3.63, 3.8) is 0 Å². The van der Waals surface area contributed by atoms with Gasteiger partial charge in [-0.15, -0.1) is 0 Å². The highest BCUT2D eigenvalue weighted by Crippen LogP contribution is 2.17. The summed E-state index contributed by atoms with van der Waals surface area (Å²) in [6, 6.07) is 0.693. The molecule has 4 heteroatoms. The van der Waals surface area contributed by atoms with Crippen molar-refractivity contribution in [3.8, 4) is 0 Å². The van der Waals surface area contributed by atoms with E-state index in [1.165, 1.54) is 141 Å². The fourth-order valence-corrected chi connectivity index (χ4v) is 4.80. The number of rotatable bonds is 23. The lowest BCUT2D eigenvalue weighted by Crippen LogP contribution is -2.37. The fraction of sp³-hybridized carbons (Fsp3) is 0.867. The number of carbonyl (C=O) groups excluding carboxylic acids is 1. The number of nitrogens with zero attached hydrogens (tertiary/aromatic N) is 2. The second-order valence-electron chi connectivity index (χ2n) is 10.1. The first-order valence-corrected chi connectivity index (χ1v) is 14.8. The average Bonchev–Trinajstić information content (AvgIpc) is 3.31. The van der Waals surface area contributed by atoms with Gasteiger partial charge in [-0.3, -0.25) is 0 Å². The van der Waals surface area contributed by atoms with Gasteiger partial charge in [0.05, 0.1) is 6.54 Å². The standard InChI is InChI=1S/C29H57N2.CH2O2/c1-4-7-9-11-13-14-15-16-17-18-19-20-22-24-29(6-3)31-27-26-30(28-31)25-23-21-12-10-8-5-2;2-1-3/h26-29H,4-25H2,1-3H3;1H,(H,2,3)/q+1;/p-1. The van der Waals surface area contributed by atoms with E-state index in [-0.39, 0.29) is 0 Å². The number of carboxylic acid groups (broad SMARTS) is 1. The van der Waals surface area contributed by atoms with Crippen LogP contribution in [-0.4, -0.2) is 11.0 Å². The zero-order chi connectivity index (χ0) is 25.1. The van der Waals surface area contributed by atoms with Gasteiger partial charge >= 0.3 is 0 Å². The van der Waals surface area contributed by atoms with Crippen LogP contribution in [0.25, 0.3) is 0 Å². The van der Waals surface area contributed by atoms with Gasteiger partial charge in [-0.2, -0.15) is 0 Å². The Bertz CT molecular complexity index is 530. The maximum atomic E-state index is 8.25. The summed E-state index contributed by atoms with van der Waals surface area (Å²) in [6.07, 6.45) is 36.6. The molecule has 0 bridgehead atoms. The molecule has 0 amide bonds. The number of hydrogen-bond donors (Lipinski definition) is 0. The first kappa shape index (κ1) is 32.7. The second-order valence-corrected chi connectivity index (χ2v) is 10.1. The van der Waals surface area contributed by atoms with Crippen molar-refractivity contribution in [2.24, 2.45) is 0 Å². The Hall–Kier alpha value is -1.32. The molecule has 0 aliphatic heterocycles. The minimum Gasteiger partial charge on any atom is -0.554 e. The lowest BCUT2D eigenvalue weighted by atomic mass is 10.0. The Morgan fingerprint density at radius 3 is 1.56 bits per heavy atom. The van der Waals surface area contributed by atoms with Gasteiger partial charge in [0.15, 0.2) is 0 Å². The SMILES string of the molecule is CCCCCCCCCCCCCCCC(CC)[n+]1ccn(CCCCCCCC)c1.O=C[O-]. The number of hydrogen-bond acceptors (Lipinski definition) is 2. The Morgan fingerprint density at radius 2 is 1.12 bits per heavy atom. The van der Waals surface area contributed by atoms with E-state index < -0.39 is 6.47 Å². The predicted molar refractivity (Wildman–Crippen MR) is 144 cm³/mol. The molecule has 0 aliphatic rings. The molecule has 1 aromatic rings. The third kappa shape index (κ3) is 20.1. The summed E-state index contributed by atoms with van der Waals surface area (Å²) in [4.78, 5) is 8.25. The summed E-state index contributed by atoms with van der Waals surface area (Å²) in [5, 5.41) is 8.25. The molecule has 0 aliphatic carbocycles. The number of unbranched alkanes of at least 4 members (excludes halogenated alkanes) is 17. The van der Waals surface area contributed by atoms with Crippen molar-refractivity contribution in [3.05, 3.63) is 18.7 Å². The molecule has 0 fully saturated rings. The van der Waals surface area contributed by atoms with Crippen LogP contribution in [0.5, 0.6) is 0 Å². The van der Waals surface area contributed by atoms with Crippen molar-refractivity contribution in [1.82, 2.24) is 4.57 Å². The molecule has 1 atom stereocenters. The summed E-state index contributed by atoms with van der Waals surface area (Å²) in [5.74, 6) is 0.